The maximum Gasteiger partial charge on any atom is 0.0669 e. The monoisotopic (exact) mass is 328 g/mol. The Morgan fingerprint density at radius 1 is 0.750 bits per heavy atom. The summed E-state index contributed by atoms with van der Waals surface area (Å²) in [7, 11) is 0. The highest BCUT2D eigenvalue weighted by atomic mass is 15.1. The topological polar surface area (TPSA) is 27.0 Å². The highest BCUT2D eigenvalue weighted by Crippen LogP contribution is 2.18. The van der Waals surface area contributed by atoms with Gasteiger partial charge in [0.1, 0.15) is 0 Å². The second-order valence-electron chi connectivity index (χ2n) is 6.82. The van der Waals surface area contributed by atoms with Gasteiger partial charge in [0, 0.05) is 18.8 Å². The molecule has 0 atom stereocenters. The van der Waals surface area contributed by atoms with E-state index in [1.54, 1.807) is 0 Å². The summed E-state index contributed by atoms with van der Waals surface area (Å²) in [5.41, 5.74) is 2.44. The van der Waals surface area contributed by atoms with Gasteiger partial charge in [-0.3, -0.25) is 0 Å². The average Bonchev–Trinajstić information content (AvgIpc) is 2.61. The lowest BCUT2D eigenvalue weighted by Gasteiger charge is -2.25. The summed E-state index contributed by atoms with van der Waals surface area (Å²) in [4.78, 5) is 2.55. The molecule has 0 saturated heterocycles. The first-order valence-electron chi connectivity index (χ1n) is 10.0. The summed E-state index contributed by atoms with van der Waals surface area (Å²) in [6, 6.07) is 10.8. The van der Waals surface area contributed by atoms with Crippen LogP contribution < -0.4 is 4.90 Å². The van der Waals surface area contributed by atoms with Gasteiger partial charge in [0.2, 0.25) is 0 Å². The highest BCUT2D eigenvalue weighted by molar-refractivity contribution is 5.47. The molecule has 0 unspecified atom stereocenters. The Bertz CT molecular complexity index is 430. The molecule has 2 heteroatoms. The minimum atomic E-state index is 0.508. The molecular weight excluding hydrogens is 292 g/mol. The van der Waals surface area contributed by atoms with E-state index in [0.29, 0.717) is 6.42 Å². The van der Waals surface area contributed by atoms with E-state index >= 15 is 0 Å². The number of nitrogens with zero attached hydrogens (tertiary/aromatic N) is 2. The predicted molar refractivity (Wildman–Crippen MR) is 105 cm³/mol. The van der Waals surface area contributed by atoms with Gasteiger partial charge in [-0.25, -0.2) is 0 Å². The van der Waals surface area contributed by atoms with Crippen LogP contribution in [-0.2, 0) is 6.42 Å². The zero-order valence-corrected chi connectivity index (χ0v) is 15.9. The number of hydrogen-bond acceptors (Lipinski definition) is 2. The van der Waals surface area contributed by atoms with Crippen molar-refractivity contribution in [3.8, 4) is 6.07 Å². The quantitative estimate of drug-likeness (QED) is 0.364. The molecule has 134 valence electrons. The molecule has 0 radical (unpaired) electrons. The third-order valence-electron chi connectivity index (χ3n) is 4.65. The van der Waals surface area contributed by atoms with Crippen molar-refractivity contribution in [2.24, 2.45) is 0 Å². The largest absolute Gasteiger partial charge is 0.372 e. The Labute approximate surface area is 149 Å². The fourth-order valence-corrected chi connectivity index (χ4v) is 3.10. The normalized spacial score (nSPS) is 10.5. The van der Waals surface area contributed by atoms with Crippen LogP contribution in [0, 0.1) is 11.3 Å². The van der Waals surface area contributed by atoms with E-state index in [2.05, 4.69) is 49.1 Å². The zero-order valence-electron chi connectivity index (χ0n) is 15.9. The van der Waals surface area contributed by atoms with E-state index in [-0.39, 0.29) is 0 Å². The Morgan fingerprint density at radius 2 is 1.25 bits per heavy atom. The van der Waals surface area contributed by atoms with Crippen LogP contribution in [0.1, 0.15) is 83.6 Å². The summed E-state index contributed by atoms with van der Waals surface area (Å²) >= 11 is 0. The molecule has 0 spiro atoms. The van der Waals surface area contributed by atoms with Crippen LogP contribution in [0.3, 0.4) is 0 Å². The molecule has 1 aromatic rings. The van der Waals surface area contributed by atoms with Crippen molar-refractivity contribution in [3.05, 3.63) is 29.8 Å². The summed E-state index contributed by atoms with van der Waals surface area (Å²) in [6.45, 7) is 6.86. The standard InChI is InChI=1S/C22H36N2/c1-3-5-7-9-11-19-24(20-12-10-8-6-4-2)22-15-13-21(14-16-22)17-18-23/h13-16H,3-12,17,19-20H2,1-2H3. The molecule has 0 heterocycles. The Balaban J connectivity index is 2.50. The number of benzene rings is 1. The van der Waals surface area contributed by atoms with Crippen molar-refractivity contribution in [2.45, 2.75) is 84.5 Å². The summed E-state index contributed by atoms with van der Waals surface area (Å²) in [5.74, 6) is 0. The van der Waals surface area contributed by atoms with Crippen LogP contribution in [0.5, 0.6) is 0 Å². The third kappa shape index (κ3) is 8.96. The lowest BCUT2D eigenvalue weighted by atomic mass is 10.1. The SMILES string of the molecule is CCCCCCCN(CCCCCCC)c1ccc(CC#N)cc1. The van der Waals surface area contributed by atoms with Gasteiger partial charge >= 0.3 is 0 Å². The lowest BCUT2D eigenvalue weighted by Crippen LogP contribution is -2.25. The van der Waals surface area contributed by atoms with E-state index in [1.807, 2.05) is 0 Å². The third-order valence-corrected chi connectivity index (χ3v) is 4.65. The van der Waals surface area contributed by atoms with Gasteiger partial charge in [0.25, 0.3) is 0 Å². The molecule has 1 rings (SSSR count). The molecule has 24 heavy (non-hydrogen) atoms. The van der Waals surface area contributed by atoms with Crippen molar-refractivity contribution in [2.75, 3.05) is 18.0 Å². The first-order valence-corrected chi connectivity index (χ1v) is 10.0. The van der Waals surface area contributed by atoms with Crippen molar-refractivity contribution in [1.82, 2.24) is 0 Å². The molecule has 0 bridgehead atoms. The van der Waals surface area contributed by atoms with Crippen LogP contribution in [0.4, 0.5) is 5.69 Å². The fraction of sp³-hybridized carbons (Fsp3) is 0.682. The maximum atomic E-state index is 8.81. The lowest BCUT2D eigenvalue weighted by molar-refractivity contribution is 0.589. The zero-order chi connectivity index (χ0) is 17.5. The van der Waals surface area contributed by atoms with E-state index in [1.165, 1.54) is 69.9 Å². The summed E-state index contributed by atoms with van der Waals surface area (Å²) in [6.07, 6.45) is 13.8. The van der Waals surface area contributed by atoms with E-state index in [4.69, 9.17) is 5.26 Å². The number of unbranched alkanes of at least 4 members (excludes halogenated alkanes) is 8. The summed E-state index contributed by atoms with van der Waals surface area (Å²) in [5, 5.41) is 8.81. The Morgan fingerprint density at radius 3 is 1.71 bits per heavy atom. The first-order chi connectivity index (χ1) is 11.8. The smallest absolute Gasteiger partial charge is 0.0669 e. The molecule has 0 aliphatic heterocycles. The molecule has 0 aliphatic rings. The molecule has 0 fully saturated rings. The van der Waals surface area contributed by atoms with Gasteiger partial charge in [-0.05, 0) is 30.5 Å². The Hall–Kier alpha value is -1.49. The van der Waals surface area contributed by atoms with Gasteiger partial charge in [0.05, 0.1) is 12.5 Å². The predicted octanol–water partition coefficient (Wildman–Crippen LogP) is 6.50. The van der Waals surface area contributed by atoms with E-state index in [9.17, 15) is 0 Å². The van der Waals surface area contributed by atoms with Gasteiger partial charge in [-0.1, -0.05) is 77.3 Å². The molecule has 1 aromatic carbocycles. The number of rotatable bonds is 14. The number of anilines is 1. The van der Waals surface area contributed by atoms with Crippen molar-refractivity contribution < 1.29 is 0 Å². The van der Waals surface area contributed by atoms with Gasteiger partial charge in [-0.15, -0.1) is 0 Å². The highest BCUT2D eigenvalue weighted by Gasteiger charge is 2.06. The molecule has 0 aromatic heterocycles. The van der Waals surface area contributed by atoms with Crippen molar-refractivity contribution >= 4 is 5.69 Å². The van der Waals surface area contributed by atoms with Crippen LogP contribution >= 0.6 is 0 Å². The fourth-order valence-electron chi connectivity index (χ4n) is 3.10. The second kappa shape index (κ2) is 13.9. The molecule has 2 nitrogen and oxygen atoms in total. The average molecular weight is 329 g/mol. The van der Waals surface area contributed by atoms with Crippen LogP contribution in [0.25, 0.3) is 0 Å². The van der Waals surface area contributed by atoms with Crippen molar-refractivity contribution in [3.63, 3.8) is 0 Å². The maximum absolute atomic E-state index is 8.81. The Kier molecular flexibility index (Phi) is 11.9. The van der Waals surface area contributed by atoms with E-state index < -0.39 is 0 Å². The molecule has 0 amide bonds. The summed E-state index contributed by atoms with van der Waals surface area (Å²) < 4.78 is 0. The molecule has 0 N–H and O–H groups in total. The number of nitriles is 1. The number of hydrogen-bond donors (Lipinski definition) is 0. The molecule has 0 saturated carbocycles. The van der Waals surface area contributed by atoms with Crippen LogP contribution in [0.2, 0.25) is 0 Å². The van der Waals surface area contributed by atoms with Gasteiger partial charge in [-0.2, -0.15) is 5.26 Å². The minimum Gasteiger partial charge on any atom is -0.372 e. The van der Waals surface area contributed by atoms with E-state index in [0.717, 1.165) is 18.7 Å². The second-order valence-corrected chi connectivity index (χ2v) is 6.82. The van der Waals surface area contributed by atoms with Gasteiger partial charge in [0.15, 0.2) is 0 Å². The minimum absolute atomic E-state index is 0.508. The van der Waals surface area contributed by atoms with Gasteiger partial charge < -0.3 is 4.90 Å². The van der Waals surface area contributed by atoms with Crippen LogP contribution in [-0.4, -0.2) is 13.1 Å². The molecule has 0 aliphatic carbocycles. The van der Waals surface area contributed by atoms with Crippen LogP contribution in [0.15, 0.2) is 24.3 Å². The first kappa shape index (κ1) is 20.6. The van der Waals surface area contributed by atoms with Crippen molar-refractivity contribution in [1.29, 1.82) is 5.26 Å². The molecular formula is C22H36N2.